The number of benzene rings is 2. The van der Waals surface area contributed by atoms with E-state index < -0.39 is 0 Å². The molecule has 0 aliphatic rings. The van der Waals surface area contributed by atoms with Gasteiger partial charge in [0.15, 0.2) is 0 Å². The van der Waals surface area contributed by atoms with Crippen LogP contribution in [0.4, 0.5) is 17.3 Å². The van der Waals surface area contributed by atoms with Crippen molar-refractivity contribution >= 4 is 23.2 Å². The fourth-order valence-corrected chi connectivity index (χ4v) is 2.69. The molecule has 1 heterocycles. The van der Waals surface area contributed by atoms with Gasteiger partial charge in [0.25, 0.3) is 5.91 Å². The first-order valence-corrected chi connectivity index (χ1v) is 8.63. The lowest BCUT2D eigenvalue weighted by atomic mass is 10.1. The van der Waals surface area contributed by atoms with E-state index in [1.807, 2.05) is 56.3 Å². The zero-order valence-electron chi connectivity index (χ0n) is 15.2. The monoisotopic (exact) mass is 346 g/mol. The standard InChI is InChI=1S/C21H22N4O/c1-4-16-7-5-6-15(3)19(16)25-20(26)18-12-13-22-21(24-18)23-17-10-8-14(2)9-11-17/h5-13H,4H2,1-3H3,(H,25,26)(H,22,23,24). The Balaban J connectivity index is 1.79. The average Bonchev–Trinajstić information content (AvgIpc) is 2.65. The van der Waals surface area contributed by atoms with E-state index in [1.54, 1.807) is 12.3 Å². The Bertz CT molecular complexity index is 920. The normalized spacial score (nSPS) is 10.4. The number of hydrogen-bond acceptors (Lipinski definition) is 4. The Morgan fingerprint density at radius 2 is 1.81 bits per heavy atom. The summed E-state index contributed by atoms with van der Waals surface area (Å²) in [5.74, 6) is 0.144. The van der Waals surface area contributed by atoms with Gasteiger partial charge in [-0.05, 0) is 49.6 Å². The maximum Gasteiger partial charge on any atom is 0.274 e. The Hall–Kier alpha value is -3.21. The van der Waals surface area contributed by atoms with Crippen LogP contribution in [0.15, 0.2) is 54.7 Å². The highest BCUT2D eigenvalue weighted by molar-refractivity contribution is 6.03. The Morgan fingerprint density at radius 1 is 1.04 bits per heavy atom. The van der Waals surface area contributed by atoms with Crippen molar-refractivity contribution in [3.63, 3.8) is 0 Å². The van der Waals surface area contributed by atoms with E-state index in [-0.39, 0.29) is 5.91 Å². The molecule has 1 aromatic heterocycles. The van der Waals surface area contributed by atoms with Crippen LogP contribution in [0.3, 0.4) is 0 Å². The largest absolute Gasteiger partial charge is 0.324 e. The molecule has 3 rings (SSSR count). The van der Waals surface area contributed by atoms with Crippen molar-refractivity contribution in [2.45, 2.75) is 27.2 Å². The van der Waals surface area contributed by atoms with Gasteiger partial charge in [0.05, 0.1) is 0 Å². The van der Waals surface area contributed by atoms with Crippen molar-refractivity contribution < 1.29 is 4.79 Å². The number of carbonyl (C=O) groups excluding carboxylic acids is 1. The Morgan fingerprint density at radius 3 is 2.54 bits per heavy atom. The van der Waals surface area contributed by atoms with Gasteiger partial charge in [-0.15, -0.1) is 0 Å². The zero-order valence-corrected chi connectivity index (χ0v) is 15.2. The maximum absolute atomic E-state index is 12.7. The first kappa shape index (κ1) is 17.6. The van der Waals surface area contributed by atoms with Crippen LogP contribution in [-0.2, 0) is 6.42 Å². The van der Waals surface area contributed by atoms with E-state index in [9.17, 15) is 4.79 Å². The fraction of sp³-hybridized carbons (Fsp3) is 0.190. The highest BCUT2D eigenvalue weighted by Crippen LogP contribution is 2.22. The minimum absolute atomic E-state index is 0.247. The first-order valence-electron chi connectivity index (χ1n) is 8.63. The fourth-order valence-electron chi connectivity index (χ4n) is 2.69. The molecule has 26 heavy (non-hydrogen) atoms. The van der Waals surface area contributed by atoms with Gasteiger partial charge in [-0.2, -0.15) is 0 Å². The zero-order chi connectivity index (χ0) is 18.5. The summed E-state index contributed by atoms with van der Waals surface area (Å²) in [5, 5.41) is 6.11. The van der Waals surface area contributed by atoms with Gasteiger partial charge in [-0.1, -0.05) is 42.8 Å². The summed E-state index contributed by atoms with van der Waals surface area (Å²) in [4.78, 5) is 21.2. The van der Waals surface area contributed by atoms with Crippen molar-refractivity contribution in [2.75, 3.05) is 10.6 Å². The van der Waals surface area contributed by atoms with Crippen molar-refractivity contribution in [1.82, 2.24) is 9.97 Å². The number of para-hydroxylation sites is 1. The van der Waals surface area contributed by atoms with Gasteiger partial charge in [0.1, 0.15) is 5.69 Å². The number of carbonyl (C=O) groups is 1. The number of nitrogens with zero attached hydrogens (tertiary/aromatic N) is 2. The second-order valence-electron chi connectivity index (χ2n) is 6.17. The molecule has 0 radical (unpaired) electrons. The van der Waals surface area contributed by atoms with Gasteiger partial charge >= 0.3 is 0 Å². The van der Waals surface area contributed by atoms with Gasteiger partial charge in [-0.25, -0.2) is 9.97 Å². The molecule has 0 fully saturated rings. The molecule has 0 atom stereocenters. The molecule has 0 saturated carbocycles. The minimum Gasteiger partial charge on any atom is -0.324 e. The smallest absolute Gasteiger partial charge is 0.274 e. The molecule has 0 unspecified atom stereocenters. The third-order valence-electron chi connectivity index (χ3n) is 4.17. The Labute approximate surface area is 153 Å². The van der Waals surface area contributed by atoms with Crippen LogP contribution in [-0.4, -0.2) is 15.9 Å². The molecule has 5 nitrogen and oxygen atoms in total. The average molecular weight is 346 g/mol. The Kier molecular flexibility index (Phi) is 5.27. The van der Waals surface area contributed by atoms with Crippen LogP contribution < -0.4 is 10.6 Å². The molecule has 2 N–H and O–H groups in total. The van der Waals surface area contributed by atoms with Gasteiger partial charge in [0.2, 0.25) is 5.95 Å². The van der Waals surface area contributed by atoms with E-state index in [2.05, 4.69) is 27.5 Å². The number of hydrogen-bond donors (Lipinski definition) is 2. The summed E-state index contributed by atoms with van der Waals surface area (Å²) in [5.41, 5.74) is 5.36. The highest BCUT2D eigenvalue weighted by atomic mass is 16.1. The molecular formula is C21H22N4O. The van der Waals surface area contributed by atoms with E-state index in [4.69, 9.17) is 0 Å². The number of anilines is 3. The summed E-state index contributed by atoms with van der Waals surface area (Å²) in [6.45, 7) is 6.08. The molecule has 0 saturated heterocycles. The highest BCUT2D eigenvalue weighted by Gasteiger charge is 2.13. The molecule has 5 heteroatoms. The molecule has 0 aliphatic heterocycles. The molecule has 1 amide bonds. The third-order valence-corrected chi connectivity index (χ3v) is 4.17. The minimum atomic E-state index is -0.247. The van der Waals surface area contributed by atoms with Gasteiger partial charge < -0.3 is 10.6 Å². The number of amides is 1. The number of rotatable bonds is 5. The second kappa shape index (κ2) is 7.78. The summed E-state index contributed by atoms with van der Waals surface area (Å²) < 4.78 is 0. The molecular weight excluding hydrogens is 324 g/mol. The third kappa shape index (κ3) is 4.06. The van der Waals surface area contributed by atoms with Crippen LogP contribution in [0.5, 0.6) is 0 Å². The van der Waals surface area contributed by atoms with Crippen molar-refractivity contribution in [1.29, 1.82) is 0 Å². The molecule has 0 bridgehead atoms. The number of nitrogens with one attached hydrogen (secondary N) is 2. The molecule has 0 spiro atoms. The summed E-state index contributed by atoms with van der Waals surface area (Å²) in [6, 6.07) is 15.5. The topological polar surface area (TPSA) is 66.9 Å². The van der Waals surface area contributed by atoms with Gasteiger partial charge in [-0.3, -0.25) is 4.79 Å². The summed E-state index contributed by atoms with van der Waals surface area (Å²) in [6.07, 6.45) is 2.43. The van der Waals surface area contributed by atoms with E-state index in [0.717, 1.165) is 28.9 Å². The first-order chi connectivity index (χ1) is 12.6. The SMILES string of the molecule is CCc1cccc(C)c1NC(=O)c1ccnc(Nc2ccc(C)cc2)n1. The van der Waals surface area contributed by atoms with Gasteiger partial charge in [0, 0.05) is 17.6 Å². The van der Waals surface area contributed by atoms with Crippen LogP contribution in [0.1, 0.15) is 34.1 Å². The van der Waals surface area contributed by atoms with Crippen LogP contribution in [0.2, 0.25) is 0 Å². The predicted octanol–water partition coefficient (Wildman–Crippen LogP) is 4.65. The molecule has 132 valence electrons. The lowest BCUT2D eigenvalue weighted by Gasteiger charge is -2.13. The van der Waals surface area contributed by atoms with Crippen LogP contribution in [0, 0.1) is 13.8 Å². The molecule has 3 aromatic rings. The molecule has 2 aromatic carbocycles. The number of aromatic nitrogens is 2. The van der Waals surface area contributed by atoms with E-state index >= 15 is 0 Å². The van der Waals surface area contributed by atoms with Crippen molar-refractivity contribution in [3.05, 3.63) is 77.1 Å². The van der Waals surface area contributed by atoms with Crippen molar-refractivity contribution in [2.24, 2.45) is 0 Å². The predicted molar refractivity (Wildman–Crippen MR) is 105 cm³/mol. The summed E-state index contributed by atoms with van der Waals surface area (Å²) >= 11 is 0. The molecule has 0 aliphatic carbocycles. The summed E-state index contributed by atoms with van der Waals surface area (Å²) in [7, 11) is 0. The van der Waals surface area contributed by atoms with E-state index in [0.29, 0.717) is 11.6 Å². The quantitative estimate of drug-likeness (QED) is 0.705. The lowest BCUT2D eigenvalue weighted by molar-refractivity contribution is 0.102. The lowest BCUT2D eigenvalue weighted by Crippen LogP contribution is -2.16. The van der Waals surface area contributed by atoms with Crippen LogP contribution >= 0.6 is 0 Å². The van der Waals surface area contributed by atoms with E-state index in [1.165, 1.54) is 5.56 Å². The maximum atomic E-state index is 12.7. The number of aryl methyl sites for hydroxylation is 3. The van der Waals surface area contributed by atoms with Crippen LogP contribution in [0.25, 0.3) is 0 Å². The second-order valence-corrected chi connectivity index (χ2v) is 6.17. The van der Waals surface area contributed by atoms with Crippen molar-refractivity contribution in [3.8, 4) is 0 Å².